The highest BCUT2D eigenvalue weighted by Crippen LogP contribution is 2.18. The average molecular weight is 266 g/mol. The minimum absolute atomic E-state index is 0.266. The molecule has 0 aromatic carbocycles. The molecule has 18 heavy (non-hydrogen) atoms. The third-order valence-corrected chi connectivity index (χ3v) is 2.88. The van der Waals surface area contributed by atoms with Crippen LogP contribution in [0.15, 0.2) is 12.1 Å². The summed E-state index contributed by atoms with van der Waals surface area (Å²) in [6.45, 7) is 5.76. The van der Waals surface area contributed by atoms with Crippen LogP contribution in [-0.2, 0) is 4.79 Å². The third kappa shape index (κ3) is 3.40. The van der Waals surface area contributed by atoms with Gasteiger partial charge in [0.1, 0.15) is 10.8 Å². The molecule has 5 N–H and O–H groups in total. The number of anilines is 1. The topological polar surface area (TPSA) is 94.0 Å². The van der Waals surface area contributed by atoms with Crippen LogP contribution in [0, 0.1) is 12.3 Å². The molecule has 98 valence electrons. The predicted molar refractivity (Wildman–Crippen MR) is 76.3 cm³/mol. The molecule has 0 aliphatic heterocycles. The Bertz CT molecular complexity index is 485. The second kappa shape index (κ2) is 5.30. The molecule has 0 saturated carbocycles. The van der Waals surface area contributed by atoms with Crippen LogP contribution in [0.25, 0.3) is 0 Å². The quantitative estimate of drug-likeness (QED) is 0.690. The summed E-state index contributed by atoms with van der Waals surface area (Å²) in [7, 11) is 0. The number of hydrogen-bond donors (Lipinski definition) is 3. The van der Waals surface area contributed by atoms with E-state index >= 15 is 0 Å². The smallest absolute Gasteiger partial charge is 0.224 e. The average Bonchev–Trinajstić information content (AvgIpc) is 2.26. The number of nitrogens with zero attached hydrogens (tertiary/aromatic N) is 1. The van der Waals surface area contributed by atoms with Crippen LogP contribution in [0.3, 0.4) is 0 Å². The van der Waals surface area contributed by atoms with Crippen molar-refractivity contribution in [2.24, 2.45) is 16.9 Å². The fraction of sp³-hybridized carbons (Fsp3) is 0.417. The minimum Gasteiger partial charge on any atom is -0.389 e. The van der Waals surface area contributed by atoms with Gasteiger partial charge in [-0.15, -0.1) is 0 Å². The Morgan fingerprint density at radius 1 is 1.44 bits per heavy atom. The molecule has 6 heteroatoms. The van der Waals surface area contributed by atoms with Crippen molar-refractivity contribution in [2.45, 2.75) is 20.8 Å². The molecule has 1 aromatic rings. The van der Waals surface area contributed by atoms with Crippen molar-refractivity contribution in [3.05, 3.63) is 23.4 Å². The number of amides is 1. The molecular formula is C12H18N4OS. The van der Waals surface area contributed by atoms with Crippen molar-refractivity contribution >= 4 is 28.9 Å². The molecule has 0 bridgehead atoms. The van der Waals surface area contributed by atoms with E-state index in [1.165, 1.54) is 0 Å². The number of aryl methyl sites for hydroxylation is 1. The van der Waals surface area contributed by atoms with Crippen molar-refractivity contribution in [3.8, 4) is 0 Å². The molecule has 0 fully saturated rings. The molecule has 0 unspecified atom stereocenters. The number of nitrogens with two attached hydrogens (primary N) is 2. The second-order valence-corrected chi connectivity index (χ2v) is 5.25. The first-order valence-electron chi connectivity index (χ1n) is 5.55. The van der Waals surface area contributed by atoms with Crippen LogP contribution in [0.2, 0.25) is 0 Å². The summed E-state index contributed by atoms with van der Waals surface area (Å²) in [6.07, 6.45) is 0. The van der Waals surface area contributed by atoms with Gasteiger partial charge in [-0.1, -0.05) is 12.2 Å². The van der Waals surface area contributed by atoms with Gasteiger partial charge in [-0.05, 0) is 32.9 Å². The molecule has 0 aliphatic carbocycles. The van der Waals surface area contributed by atoms with Gasteiger partial charge in [0.2, 0.25) is 5.91 Å². The van der Waals surface area contributed by atoms with Crippen LogP contribution in [0.4, 0.5) is 5.82 Å². The normalized spacial score (nSPS) is 11.1. The molecule has 5 nitrogen and oxygen atoms in total. The van der Waals surface area contributed by atoms with E-state index in [-0.39, 0.29) is 10.9 Å². The summed E-state index contributed by atoms with van der Waals surface area (Å²) in [5, 5.41) is 3.08. The zero-order chi connectivity index (χ0) is 13.9. The van der Waals surface area contributed by atoms with E-state index in [0.717, 1.165) is 5.69 Å². The lowest BCUT2D eigenvalue weighted by atomic mass is 9.93. The zero-order valence-electron chi connectivity index (χ0n) is 10.8. The number of thiocarbonyl (C=S) groups is 1. The molecule has 1 rings (SSSR count). The van der Waals surface area contributed by atoms with Gasteiger partial charge in [-0.25, -0.2) is 4.98 Å². The van der Waals surface area contributed by atoms with Crippen LogP contribution < -0.4 is 16.8 Å². The number of pyridine rings is 1. The minimum atomic E-state index is -0.668. The Morgan fingerprint density at radius 3 is 2.56 bits per heavy atom. The largest absolute Gasteiger partial charge is 0.389 e. The fourth-order valence-corrected chi connectivity index (χ4v) is 1.45. The Balaban J connectivity index is 2.94. The van der Waals surface area contributed by atoms with E-state index in [1.807, 2.05) is 19.1 Å². The maximum Gasteiger partial charge on any atom is 0.224 e. The zero-order valence-corrected chi connectivity index (χ0v) is 11.6. The molecule has 0 aliphatic rings. The highest BCUT2D eigenvalue weighted by molar-refractivity contribution is 7.80. The van der Waals surface area contributed by atoms with Gasteiger partial charge in [-0.2, -0.15) is 0 Å². The summed E-state index contributed by atoms with van der Waals surface area (Å²) in [5.41, 5.74) is 11.8. The van der Waals surface area contributed by atoms with Crippen LogP contribution in [0.5, 0.6) is 0 Å². The first kappa shape index (κ1) is 14.4. The first-order valence-corrected chi connectivity index (χ1v) is 5.96. The van der Waals surface area contributed by atoms with E-state index in [0.29, 0.717) is 17.9 Å². The first-order chi connectivity index (χ1) is 8.24. The van der Waals surface area contributed by atoms with Crippen LogP contribution in [-0.4, -0.2) is 22.4 Å². The molecule has 1 aromatic heterocycles. The lowest BCUT2D eigenvalue weighted by Crippen LogP contribution is -2.37. The summed E-state index contributed by atoms with van der Waals surface area (Å²) >= 11 is 4.96. The second-order valence-electron chi connectivity index (χ2n) is 4.81. The van der Waals surface area contributed by atoms with Gasteiger partial charge in [0.05, 0.1) is 11.0 Å². The Kier molecular flexibility index (Phi) is 4.24. The van der Waals surface area contributed by atoms with Crippen molar-refractivity contribution in [1.29, 1.82) is 0 Å². The van der Waals surface area contributed by atoms with Crippen LogP contribution >= 0.6 is 12.2 Å². The van der Waals surface area contributed by atoms with E-state index in [1.54, 1.807) is 13.8 Å². The third-order valence-electron chi connectivity index (χ3n) is 2.66. The molecular weight excluding hydrogens is 248 g/mol. The molecule has 0 spiro atoms. The Labute approximate surface area is 112 Å². The Morgan fingerprint density at radius 2 is 2.06 bits per heavy atom. The number of hydrogen-bond acceptors (Lipinski definition) is 4. The Hall–Kier alpha value is -1.69. The number of carbonyl (C=O) groups is 1. The van der Waals surface area contributed by atoms with Crippen molar-refractivity contribution in [2.75, 3.05) is 11.9 Å². The molecule has 1 heterocycles. The van der Waals surface area contributed by atoms with Gasteiger partial charge in [0, 0.05) is 12.2 Å². The lowest BCUT2D eigenvalue weighted by molar-refractivity contribution is -0.125. The highest BCUT2D eigenvalue weighted by Gasteiger charge is 2.25. The van der Waals surface area contributed by atoms with Gasteiger partial charge < -0.3 is 16.8 Å². The molecule has 0 atom stereocenters. The summed E-state index contributed by atoms with van der Waals surface area (Å²) in [5.74, 6) is 0.205. The van der Waals surface area contributed by atoms with Crippen molar-refractivity contribution in [1.82, 2.24) is 4.98 Å². The number of primary amides is 1. The monoisotopic (exact) mass is 266 g/mol. The predicted octanol–water partition coefficient (Wildman–Crippen LogP) is 0.948. The van der Waals surface area contributed by atoms with E-state index in [4.69, 9.17) is 23.7 Å². The SMILES string of the molecule is Cc1ccc(C(N)=S)c(NCC(C)(C)C(N)=O)n1. The maximum atomic E-state index is 11.2. The molecule has 0 radical (unpaired) electrons. The standard InChI is InChI=1S/C12H18N4OS/c1-7-4-5-8(9(13)18)10(16-7)15-6-12(2,3)11(14)17/h4-5H,6H2,1-3H3,(H2,13,18)(H2,14,17)(H,15,16). The highest BCUT2D eigenvalue weighted by atomic mass is 32.1. The summed E-state index contributed by atoms with van der Waals surface area (Å²) in [6, 6.07) is 3.64. The van der Waals surface area contributed by atoms with E-state index < -0.39 is 5.41 Å². The van der Waals surface area contributed by atoms with Gasteiger partial charge >= 0.3 is 0 Å². The lowest BCUT2D eigenvalue weighted by Gasteiger charge is -2.22. The van der Waals surface area contributed by atoms with E-state index in [2.05, 4.69) is 10.3 Å². The number of rotatable bonds is 5. The molecule has 1 amide bonds. The number of carbonyl (C=O) groups excluding carboxylic acids is 1. The fourth-order valence-electron chi connectivity index (χ4n) is 1.28. The summed E-state index contributed by atoms with van der Waals surface area (Å²) < 4.78 is 0. The van der Waals surface area contributed by atoms with Gasteiger partial charge in [0.25, 0.3) is 0 Å². The molecule has 0 saturated heterocycles. The van der Waals surface area contributed by atoms with Crippen LogP contribution in [0.1, 0.15) is 25.1 Å². The van der Waals surface area contributed by atoms with Crippen molar-refractivity contribution < 1.29 is 4.79 Å². The maximum absolute atomic E-state index is 11.2. The van der Waals surface area contributed by atoms with Crippen molar-refractivity contribution in [3.63, 3.8) is 0 Å². The van der Waals surface area contributed by atoms with Gasteiger partial charge in [-0.3, -0.25) is 4.79 Å². The summed E-state index contributed by atoms with van der Waals surface area (Å²) in [4.78, 5) is 15.8. The van der Waals surface area contributed by atoms with Gasteiger partial charge in [0.15, 0.2) is 0 Å². The van der Waals surface area contributed by atoms with E-state index in [9.17, 15) is 4.79 Å². The number of aromatic nitrogens is 1. The number of nitrogens with one attached hydrogen (secondary N) is 1.